The highest BCUT2D eigenvalue weighted by molar-refractivity contribution is 5.83. The largest absolute Gasteiger partial charge is 0.420 e. The van der Waals surface area contributed by atoms with E-state index in [1.807, 2.05) is 0 Å². The van der Waals surface area contributed by atoms with E-state index < -0.39 is 17.6 Å². The summed E-state index contributed by atoms with van der Waals surface area (Å²) < 4.78 is 31.5. The standard InChI is InChI=1S/C15H10F2O2/c1-2-15(18)19-14-7-6-11(9-13(14)17)10-4-3-5-12(16)8-10/h2-9H,1H2. The van der Waals surface area contributed by atoms with E-state index >= 15 is 0 Å². The minimum Gasteiger partial charge on any atom is -0.420 e. The van der Waals surface area contributed by atoms with Crippen LogP contribution in [0.1, 0.15) is 0 Å². The van der Waals surface area contributed by atoms with E-state index in [0.29, 0.717) is 11.1 Å². The molecular formula is C15H10F2O2. The van der Waals surface area contributed by atoms with E-state index in [9.17, 15) is 13.6 Å². The zero-order valence-electron chi connectivity index (χ0n) is 9.90. The number of carbonyl (C=O) groups is 1. The summed E-state index contributed by atoms with van der Waals surface area (Å²) in [5, 5.41) is 0. The van der Waals surface area contributed by atoms with Crippen molar-refractivity contribution >= 4 is 5.97 Å². The molecule has 0 spiro atoms. The zero-order valence-corrected chi connectivity index (χ0v) is 9.90. The van der Waals surface area contributed by atoms with Gasteiger partial charge in [0.05, 0.1) is 0 Å². The summed E-state index contributed by atoms with van der Waals surface area (Å²) in [6, 6.07) is 9.84. The minimum atomic E-state index is -0.739. The van der Waals surface area contributed by atoms with Gasteiger partial charge in [-0.1, -0.05) is 24.8 Å². The van der Waals surface area contributed by atoms with Crippen molar-refractivity contribution in [3.63, 3.8) is 0 Å². The lowest BCUT2D eigenvalue weighted by Gasteiger charge is -2.06. The number of esters is 1. The summed E-state index contributed by atoms with van der Waals surface area (Å²) in [6.07, 6.45) is 0.944. The third-order valence-electron chi connectivity index (χ3n) is 2.47. The highest BCUT2D eigenvalue weighted by Crippen LogP contribution is 2.26. The Morgan fingerprint density at radius 1 is 1.11 bits per heavy atom. The van der Waals surface area contributed by atoms with Crippen LogP contribution in [0.15, 0.2) is 55.1 Å². The average Bonchev–Trinajstić information content (AvgIpc) is 2.41. The molecule has 0 bridgehead atoms. The van der Waals surface area contributed by atoms with Crippen LogP contribution in [0.2, 0.25) is 0 Å². The van der Waals surface area contributed by atoms with Gasteiger partial charge in [-0.15, -0.1) is 0 Å². The normalized spacial score (nSPS) is 10.0. The summed E-state index contributed by atoms with van der Waals surface area (Å²) in [7, 11) is 0. The summed E-state index contributed by atoms with van der Waals surface area (Å²) >= 11 is 0. The number of halogens is 2. The lowest BCUT2D eigenvalue weighted by molar-refractivity contribution is -0.129. The van der Waals surface area contributed by atoms with Crippen LogP contribution in [-0.4, -0.2) is 5.97 Å². The first-order valence-electron chi connectivity index (χ1n) is 5.50. The van der Waals surface area contributed by atoms with E-state index in [4.69, 9.17) is 4.74 Å². The van der Waals surface area contributed by atoms with E-state index in [2.05, 4.69) is 6.58 Å². The van der Waals surface area contributed by atoms with Crippen molar-refractivity contribution in [3.05, 3.63) is 66.8 Å². The maximum Gasteiger partial charge on any atom is 0.335 e. The van der Waals surface area contributed by atoms with Crippen LogP contribution < -0.4 is 4.74 Å². The molecule has 96 valence electrons. The number of carbonyl (C=O) groups excluding carboxylic acids is 1. The molecule has 0 aromatic heterocycles. The van der Waals surface area contributed by atoms with Crippen molar-refractivity contribution in [3.8, 4) is 16.9 Å². The van der Waals surface area contributed by atoms with Crippen molar-refractivity contribution in [2.24, 2.45) is 0 Å². The van der Waals surface area contributed by atoms with Crippen molar-refractivity contribution in [2.45, 2.75) is 0 Å². The molecule has 19 heavy (non-hydrogen) atoms. The Labute approximate surface area is 108 Å². The van der Waals surface area contributed by atoms with Crippen molar-refractivity contribution in [1.29, 1.82) is 0 Å². The van der Waals surface area contributed by atoms with Crippen LogP contribution in [-0.2, 0) is 4.79 Å². The fraction of sp³-hybridized carbons (Fsp3) is 0. The molecule has 0 atom stereocenters. The molecule has 0 heterocycles. The Balaban J connectivity index is 2.33. The molecule has 4 heteroatoms. The molecule has 0 aliphatic rings. The fourth-order valence-corrected chi connectivity index (χ4v) is 1.58. The molecule has 2 aromatic rings. The van der Waals surface area contributed by atoms with Crippen LogP contribution in [0.3, 0.4) is 0 Å². The first kappa shape index (κ1) is 13.0. The van der Waals surface area contributed by atoms with Gasteiger partial charge in [0, 0.05) is 6.08 Å². The highest BCUT2D eigenvalue weighted by Gasteiger charge is 2.09. The number of hydrogen-bond acceptors (Lipinski definition) is 2. The summed E-state index contributed by atoms with van der Waals surface area (Å²) in [6.45, 7) is 3.22. The van der Waals surface area contributed by atoms with Crippen LogP contribution in [0, 0.1) is 11.6 Å². The first-order valence-corrected chi connectivity index (χ1v) is 5.50. The van der Waals surface area contributed by atoms with Crippen LogP contribution in [0.4, 0.5) is 8.78 Å². The van der Waals surface area contributed by atoms with Gasteiger partial charge in [-0.25, -0.2) is 13.6 Å². The monoisotopic (exact) mass is 260 g/mol. The van der Waals surface area contributed by atoms with Gasteiger partial charge in [0.2, 0.25) is 0 Å². The average molecular weight is 260 g/mol. The maximum atomic E-state index is 13.7. The molecule has 2 rings (SSSR count). The Bertz CT molecular complexity index is 636. The summed E-state index contributed by atoms with van der Waals surface area (Å²) in [4.78, 5) is 11.0. The molecule has 0 radical (unpaired) electrons. The van der Waals surface area contributed by atoms with Crippen molar-refractivity contribution in [1.82, 2.24) is 0 Å². The fourth-order valence-electron chi connectivity index (χ4n) is 1.58. The van der Waals surface area contributed by atoms with Gasteiger partial charge < -0.3 is 4.74 Å². The molecule has 0 amide bonds. The molecule has 0 unspecified atom stereocenters. The third kappa shape index (κ3) is 3.04. The van der Waals surface area contributed by atoms with Gasteiger partial charge >= 0.3 is 5.97 Å². The second-order valence-corrected chi connectivity index (χ2v) is 3.78. The minimum absolute atomic E-state index is 0.190. The Hall–Kier alpha value is -2.49. The quantitative estimate of drug-likeness (QED) is 0.477. The SMILES string of the molecule is C=CC(=O)Oc1ccc(-c2cccc(F)c2)cc1F. The Kier molecular flexibility index (Phi) is 3.71. The number of hydrogen-bond donors (Lipinski definition) is 0. The van der Waals surface area contributed by atoms with Gasteiger partial charge in [-0.2, -0.15) is 0 Å². The third-order valence-corrected chi connectivity index (χ3v) is 2.47. The van der Waals surface area contributed by atoms with Crippen LogP contribution in [0.25, 0.3) is 11.1 Å². The zero-order chi connectivity index (χ0) is 13.8. The van der Waals surface area contributed by atoms with Gasteiger partial charge in [0.15, 0.2) is 11.6 Å². The van der Waals surface area contributed by atoms with E-state index in [1.54, 1.807) is 12.1 Å². The highest BCUT2D eigenvalue weighted by atomic mass is 19.1. The molecule has 2 aromatic carbocycles. The lowest BCUT2D eigenvalue weighted by Crippen LogP contribution is -2.04. The van der Waals surface area contributed by atoms with E-state index in [1.165, 1.54) is 30.3 Å². The van der Waals surface area contributed by atoms with Crippen molar-refractivity contribution in [2.75, 3.05) is 0 Å². The Morgan fingerprint density at radius 2 is 1.84 bits per heavy atom. The second kappa shape index (κ2) is 5.44. The van der Waals surface area contributed by atoms with Crippen molar-refractivity contribution < 1.29 is 18.3 Å². The summed E-state index contributed by atoms with van der Waals surface area (Å²) in [5.74, 6) is -2.03. The van der Waals surface area contributed by atoms with Gasteiger partial charge in [-0.3, -0.25) is 0 Å². The number of rotatable bonds is 3. The second-order valence-electron chi connectivity index (χ2n) is 3.78. The van der Waals surface area contributed by atoms with Gasteiger partial charge in [-0.05, 0) is 35.4 Å². The van der Waals surface area contributed by atoms with Crippen LogP contribution >= 0.6 is 0 Å². The molecule has 0 aliphatic heterocycles. The molecular weight excluding hydrogens is 250 g/mol. The van der Waals surface area contributed by atoms with Gasteiger partial charge in [0.25, 0.3) is 0 Å². The number of benzene rings is 2. The first-order chi connectivity index (χ1) is 9.10. The predicted octanol–water partition coefficient (Wildman–Crippen LogP) is 3.72. The topological polar surface area (TPSA) is 26.3 Å². The molecule has 0 aliphatic carbocycles. The smallest absolute Gasteiger partial charge is 0.335 e. The molecule has 0 saturated heterocycles. The van der Waals surface area contributed by atoms with Crippen LogP contribution in [0.5, 0.6) is 5.75 Å². The Morgan fingerprint density at radius 3 is 2.47 bits per heavy atom. The summed E-state index contributed by atoms with van der Waals surface area (Å²) in [5.41, 5.74) is 1.04. The lowest BCUT2D eigenvalue weighted by atomic mass is 10.1. The molecule has 2 nitrogen and oxygen atoms in total. The maximum absolute atomic E-state index is 13.7. The van der Waals surface area contributed by atoms with Gasteiger partial charge in [0.1, 0.15) is 5.82 Å². The van der Waals surface area contributed by atoms with E-state index in [-0.39, 0.29) is 5.75 Å². The number of ether oxygens (including phenoxy) is 1. The molecule has 0 fully saturated rings. The molecule has 0 saturated carbocycles. The predicted molar refractivity (Wildman–Crippen MR) is 67.6 cm³/mol. The molecule has 0 N–H and O–H groups in total. The van der Waals surface area contributed by atoms with E-state index in [0.717, 1.165) is 6.08 Å².